The van der Waals surface area contributed by atoms with Crippen molar-refractivity contribution in [3.05, 3.63) is 30.0 Å². The summed E-state index contributed by atoms with van der Waals surface area (Å²) in [5, 5.41) is 3.99. The fraction of sp³-hybridized carbons (Fsp3) is 0.500. The summed E-state index contributed by atoms with van der Waals surface area (Å²) >= 11 is 0. The molecule has 0 saturated carbocycles. The number of ether oxygens (including phenoxy) is 1. The molecule has 23 heavy (non-hydrogen) atoms. The van der Waals surface area contributed by atoms with E-state index in [1.165, 1.54) is 0 Å². The van der Waals surface area contributed by atoms with Gasteiger partial charge in [0.15, 0.2) is 0 Å². The maximum absolute atomic E-state index is 12.3. The number of aromatic nitrogens is 1. The molecule has 1 aromatic carbocycles. The number of hydrogen-bond acceptors (Lipinski definition) is 3. The van der Waals surface area contributed by atoms with Crippen molar-refractivity contribution in [3.63, 3.8) is 0 Å². The van der Waals surface area contributed by atoms with Crippen LogP contribution >= 0.6 is 0 Å². The zero-order valence-corrected chi connectivity index (χ0v) is 14.6. The van der Waals surface area contributed by atoms with Crippen LogP contribution in [0.15, 0.2) is 24.3 Å². The van der Waals surface area contributed by atoms with Gasteiger partial charge in [-0.15, -0.1) is 0 Å². The number of benzene rings is 1. The smallest absolute Gasteiger partial charge is 0.267 e. The van der Waals surface area contributed by atoms with Crippen molar-refractivity contribution in [1.29, 1.82) is 0 Å². The molecule has 2 aromatic rings. The highest BCUT2D eigenvalue weighted by Gasteiger charge is 2.14. The van der Waals surface area contributed by atoms with E-state index >= 15 is 0 Å². The van der Waals surface area contributed by atoms with E-state index in [0.717, 1.165) is 23.2 Å². The monoisotopic (exact) mass is 317 g/mol. The van der Waals surface area contributed by atoms with Crippen LogP contribution in [0.1, 0.15) is 38.2 Å². The fourth-order valence-corrected chi connectivity index (χ4v) is 2.86. The van der Waals surface area contributed by atoms with Gasteiger partial charge in [0, 0.05) is 42.1 Å². The van der Waals surface area contributed by atoms with Crippen molar-refractivity contribution in [2.24, 2.45) is 0 Å². The molecule has 0 radical (unpaired) electrons. The van der Waals surface area contributed by atoms with E-state index in [9.17, 15) is 4.79 Å². The average molecular weight is 317 g/mol. The lowest BCUT2D eigenvalue weighted by atomic mass is 10.2. The molecule has 0 aliphatic heterocycles. The standard InChI is InChI=1S/C18H27N3O2/c1-12(2)21(13(3)4)9-8-19-18(22)17-10-14-6-7-15(23-5)11-16(14)20-17/h6-7,10-13,20H,8-9H2,1-5H3,(H,19,22). The average Bonchev–Trinajstić information content (AvgIpc) is 2.93. The van der Waals surface area contributed by atoms with Crippen LogP contribution in [0.2, 0.25) is 0 Å². The molecule has 1 heterocycles. The predicted octanol–water partition coefficient (Wildman–Crippen LogP) is 3.03. The summed E-state index contributed by atoms with van der Waals surface area (Å²) in [6.45, 7) is 10.2. The fourth-order valence-electron chi connectivity index (χ4n) is 2.86. The minimum absolute atomic E-state index is 0.0763. The van der Waals surface area contributed by atoms with Crippen LogP contribution in [0.5, 0.6) is 5.75 Å². The quantitative estimate of drug-likeness (QED) is 0.825. The molecule has 0 aliphatic rings. The first kappa shape index (κ1) is 17.3. The Bertz CT molecular complexity index is 653. The van der Waals surface area contributed by atoms with Crippen LogP contribution in [0.4, 0.5) is 0 Å². The van der Waals surface area contributed by atoms with E-state index in [2.05, 4.69) is 42.9 Å². The predicted molar refractivity (Wildman–Crippen MR) is 94.2 cm³/mol. The highest BCUT2D eigenvalue weighted by Crippen LogP contribution is 2.21. The van der Waals surface area contributed by atoms with Gasteiger partial charge >= 0.3 is 0 Å². The first-order chi connectivity index (χ1) is 10.9. The largest absolute Gasteiger partial charge is 0.497 e. The van der Waals surface area contributed by atoms with Gasteiger partial charge in [0.25, 0.3) is 5.91 Å². The van der Waals surface area contributed by atoms with E-state index in [1.54, 1.807) is 7.11 Å². The highest BCUT2D eigenvalue weighted by molar-refractivity contribution is 5.98. The second kappa shape index (κ2) is 7.51. The number of nitrogens with one attached hydrogen (secondary N) is 2. The van der Waals surface area contributed by atoms with Gasteiger partial charge in [0.2, 0.25) is 0 Å². The molecule has 1 amide bonds. The first-order valence-corrected chi connectivity index (χ1v) is 8.13. The summed E-state index contributed by atoms with van der Waals surface area (Å²) in [4.78, 5) is 17.8. The van der Waals surface area contributed by atoms with E-state index in [1.807, 2.05) is 24.3 Å². The molecule has 0 spiro atoms. The maximum atomic E-state index is 12.3. The Hall–Kier alpha value is -2.01. The van der Waals surface area contributed by atoms with Crippen LogP contribution in [-0.2, 0) is 0 Å². The number of hydrogen-bond donors (Lipinski definition) is 2. The van der Waals surface area contributed by atoms with E-state index in [-0.39, 0.29) is 5.91 Å². The molecule has 0 unspecified atom stereocenters. The van der Waals surface area contributed by atoms with Crippen LogP contribution in [0.3, 0.4) is 0 Å². The van der Waals surface area contributed by atoms with Gasteiger partial charge in [-0.25, -0.2) is 0 Å². The van der Waals surface area contributed by atoms with Crippen molar-refractivity contribution in [1.82, 2.24) is 15.2 Å². The third-order valence-electron chi connectivity index (χ3n) is 4.06. The number of rotatable bonds is 7. The Kier molecular flexibility index (Phi) is 5.66. The number of nitrogens with zero attached hydrogens (tertiary/aromatic N) is 1. The van der Waals surface area contributed by atoms with Gasteiger partial charge in [-0.05, 0) is 45.9 Å². The number of carbonyl (C=O) groups is 1. The third-order valence-corrected chi connectivity index (χ3v) is 4.06. The molecule has 0 fully saturated rings. The first-order valence-electron chi connectivity index (χ1n) is 8.13. The number of amides is 1. The second-order valence-corrected chi connectivity index (χ2v) is 6.32. The van der Waals surface area contributed by atoms with Crippen molar-refractivity contribution >= 4 is 16.8 Å². The molecule has 0 saturated heterocycles. The van der Waals surface area contributed by atoms with Gasteiger partial charge in [-0.1, -0.05) is 0 Å². The zero-order chi connectivity index (χ0) is 17.0. The molecular formula is C18H27N3O2. The third kappa shape index (κ3) is 4.26. The van der Waals surface area contributed by atoms with Crippen molar-refractivity contribution < 1.29 is 9.53 Å². The van der Waals surface area contributed by atoms with Crippen molar-refractivity contribution in [3.8, 4) is 5.75 Å². The number of fused-ring (bicyclic) bond motifs is 1. The number of aromatic amines is 1. The number of carbonyl (C=O) groups excluding carboxylic acids is 1. The molecule has 0 aliphatic carbocycles. The SMILES string of the molecule is COc1ccc2cc(C(=O)NCCN(C(C)C)C(C)C)[nH]c2c1. The molecule has 0 atom stereocenters. The van der Waals surface area contributed by atoms with Crippen molar-refractivity contribution in [2.75, 3.05) is 20.2 Å². The van der Waals surface area contributed by atoms with Gasteiger partial charge in [-0.2, -0.15) is 0 Å². The Morgan fingerprint density at radius 1 is 1.22 bits per heavy atom. The summed E-state index contributed by atoms with van der Waals surface area (Å²) in [6.07, 6.45) is 0. The molecule has 5 nitrogen and oxygen atoms in total. The van der Waals surface area contributed by atoms with Gasteiger partial charge in [-0.3, -0.25) is 9.69 Å². The van der Waals surface area contributed by atoms with E-state index < -0.39 is 0 Å². The molecule has 0 bridgehead atoms. The summed E-state index contributed by atoms with van der Waals surface area (Å²) in [5.74, 6) is 0.698. The molecule has 5 heteroatoms. The topological polar surface area (TPSA) is 57.4 Å². The Morgan fingerprint density at radius 2 is 1.91 bits per heavy atom. The molecule has 126 valence electrons. The second-order valence-electron chi connectivity index (χ2n) is 6.32. The minimum atomic E-state index is -0.0763. The summed E-state index contributed by atoms with van der Waals surface area (Å²) in [5.41, 5.74) is 1.48. The summed E-state index contributed by atoms with van der Waals surface area (Å²) in [7, 11) is 1.63. The molecule has 2 N–H and O–H groups in total. The van der Waals surface area contributed by atoms with E-state index in [4.69, 9.17) is 4.74 Å². The van der Waals surface area contributed by atoms with Crippen LogP contribution < -0.4 is 10.1 Å². The van der Waals surface area contributed by atoms with Crippen LogP contribution in [0.25, 0.3) is 10.9 Å². The van der Waals surface area contributed by atoms with Crippen LogP contribution in [0, 0.1) is 0 Å². The number of methoxy groups -OCH3 is 1. The van der Waals surface area contributed by atoms with Gasteiger partial charge in [0.1, 0.15) is 11.4 Å². The summed E-state index contributed by atoms with van der Waals surface area (Å²) in [6, 6.07) is 8.53. The molecule has 1 aromatic heterocycles. The minimum Gasteiger partial charge on any atom is -0.497 e. The lowest BCUT2D eigenvalue weighted by Gasteiger charge is -2.30. The maximum Gasteiger partial charge on any atom is 0.267 e. The zero-order valence-electron chi connectivity index (χ0n) is 14.6. The Morgan fingerprint density at radius 3 is 2.52 bits per heavy atom. The van der Waals surface area contributed by atoms with Gasteiger partial charge in [0.05, 0.1) is 7.11 Å². The van der Waals surface area contributed by atoms with Crippen molar-refractivity contribution in [2.45, 2.75) is 39.8 Å². The van der Waals surface area contributed by atoms with Crippen LogP contribution in [-0.4, -0.2) is 48.1 Å². The van der Waals surface area contributed by atoms with Gasteiger partial charge < -0.3 is 15.0 Å². The Labute approximate surface area is 138 Å². The molecule has 2 rings (SSSR count). The normalized spacial score (nSPS) is 11.7. The lowest BCUT2D eigenvalue weighted by molar-refractivity contribution is 0.0935. The Balaban J connectivity index is 1.98. The van der Waals surface area contributed by atoms with E-state index in [0.29, 0.717) is 24.3 Å². The lowest BCUT2D eigenvalue weighted by Crippen LogP contribution is -2.42. The molecular weight excluding hydrogens is 290 g/mol. The summed E-state index contributed by atoms with van der Waals surface area (Å²) < 4.78 is 5.20. The highest BCUT2D eigenvalue weighted by atomic mass is 16.5. The number of H-pyrrole nitrogens is 1.